The van der Waals surface area contributed by atoms with Crippen LogP contribution in [0.3, 0.4) is 0 Å². The van der Waals surface area contributed by atoms with Gasteiger partial charge in [-0.1, -0.05) is 0 Å². The molecule has 12 heteroatoms. The average molecular weight is 402 g/mol. The quantitative estimate of drug-likeness (QED) is 0.320. The lowest BCUT2D eigenvalue weighted by atomic mass is 10.1. The third-order valence-corrected chi connectivity index (χ3v) is 4.10. The lowest BCUT2D eigenvalue weighted by molar-refractivity contribution is -0.141. The smallest absolute Gasteiger partial charge is 0.357 e. The van der Waals surface area contributed by atoms with Gasteiger partial charge in [0.25, 0.3) is 0 Å². The van der Waals surface area contributed by atoms with Gasteiger partial charge in [0.2, 0.25) is 5.95 Å². The molecule has 28 heavy (non-hydrogen) atoms. The molecule has 0 aromatic carbocycles. The predicted octanol–water partition coefficient (Wildman–Crippen LogP) is 1.01. The molecular formula is C16H25F3N8O. The molecule has 2 amide bonds. The molecule has 0 unspecified atom stereocenters. The number of guanidine groups is 1. The number of carbonyl (C=O) groups is 1. The van der Waals surface area contributed by atoms with E-state index in [0.29, 0.717) is 32.1 Å². The maximum Gasteiger partial charge on any atom is 0.433 e. The molecule has 0 atom stereocenters. The largest absolute Gasteiger partial charge is 0.433 e. The van der Waals surface area contributed by atoms with Crippen LogP contribution in [0.2, 0.25) is 0 Å². The second-order valence-corrected chi connectivity index (χ2v) is 6.19. The van der Waals surface area contributed by atoms with Crippen molar-refractivity contribution < 1.29 is 18.0 Å². The first-order valence-corrected chi connectivity index (χ1v) is 9.03. The molecule has 0 spiro atoms. The van der Waals surface area contributed by atoms with Gasteiger partial charge in [-0.05, 0) is 25.8 Å². The van der Waals surface area contributed by atoms with Crippen molar-refractivity contribution in [3.63, 3.8) is 0 Å². The Bertz CT molecular complexity index is 674. The van der Waals surface area contributed by atoms with Crippen LogP contribution in [0.25, 0.3) is 0 Å². The summed E-state index contributed by atoms with van der Waals surface area (Å²) in [5, 5.41) is 9.15. The number of aromatic nitrogens is 2. The molecular weight excluding hydrogens is 377 g/mol. The summed E-state index contributed by atoms with van der Waals surface area (Å²) in [4.78, 5) is 24.4. The SMILES string of the molecule is CCNC(=NCCNc1nccc(C(F)(F)F)n1)NC1CCN(C(N)=O)CC1. The number of aliphatic imine (C=N–C) groups is 1. The van der Waals surface area contributed by atoms with Crippen LogP contribution in [0.4, 0.5) is 23.9 Å². The number of hydrogen-bond acceptors (Lipinski definition) is 5. The minimum atomic E-state index is -4.51. The molecule has 1 aromatic rings. The highest BCUT2D eigenvalue weighted by Crippen LogP contribution is 2.27. The van der Waals surface area contributed by atoms with Crippen molar-refractivity contribution >= 4 is 17.9 Å². The van der Waals surface area contributed by atoms with E-state index in [-0.39, 0.29) is 18.5 Å². The summed E-state index contributed by atoms with van der Waals surface area (Å²) in [5.41, 5.74) is 4.28. The van der Waals surface area contributed by atoms with Crippen LogP contribution in [0.15, 0.2) is 17.3 Å². The van der Waals surface area contributed by atoms with Gasteiger partial charge in [-0.3, -0.25) is 4.99 Å². The van der Waals surface area contributed by atoms with Crippen molar-refractivity contribution in [2.24, 2.45) is 10.7 Å². The Morgan fingerprint density at radius 2 is 2.11 bits per heavy atom. The highest BCUT2D eigenvalue weighted by Gasteiger charge is 2.32. The molecule has 2 rings (SSSR count). The zero-order chi connectivity index (χ0) is 20.6. The van der Waals surface area contributed by atoms with Crippen LogP contribution in [-0.2, 0) is 6.18 Å². The molecule has 5 N–H and O–H groups in total. The van der Waals surface area contributed by atoms with Crippen molar-refractivity contribution in [3.05, 3.63) is 18.0 Å². The van der Waals surface area contributed by atoms with Crippen molar-refractivity contribution in [2.75, 3.05) is 38.0 Å². The third kappa shape index (κ3) is 6.74. The maximum atomic E-state index is 12.7. The van der Waals surface area contributed by atoms with Crippen LogP contribution in [-0.4, -0.2) is 65.6 Å². The summed E-state index contributed by atoms with van der Waals surface area (Å²) in [6.07, 6.45) is -1.94. The number of likely N-dealkylation sites (tertiary alicyclic amines) is 1. The fourth-order valence-corrected chi connectivity index (χ4v) is 2.69. The fourth-order valence-electron chi connectivity index (χ4n) is 2.69. The molecule has 0 bridgehead atoms. The number of amides is 2. The first-order valence-electron chi connectivity index (χ1n) is 9.03. The molecule has 156 valence electrons. The van der Waals surface area contributed by atoms with E-state index in [1.54, 1.807) is 4.90 Å². The van der Waals surface area contributed by atoms with Gasteiger partial charge in [-0.15, -0.1) is 0 Å². The Morgan fingerprint density at radius 3 is 2.71 bits per heavy atom. The molecule has 1 fully saturated rings. The van der Waals surface area contributed by atoms with E-state index in [2.05, 4.69) is 30.9 Å². The number of alkyl halides is 3. The van der Waals surface area contributed by atoms with Crippen LogP contribution in [0, 0.1) is 0 Å². The van der Waals surface area contributed by atoms with E-state index in [1.165, 1.54) is 0 Å². The number of piperidine rings is 1. The average Bonchev–Trinajstić information content (AvgIpc) is 2.65. The summed E-state index contributed by atoms with van der Waals surface area (Å²) >= 11 is 0. The predicted molar refractivity (Wildman–Crippen MR) is 98.8 cm³/mol. The van der Waals surface area contributed by atoms with E-state index in [1.807, 2.05) is 6.92 Å². The number of rotatable bonds is 6. The van der Waals surface area contributed by atoms with Gasteiger partial charge in [-0.25, -0.2) is 14.8 Å². The first-order chi connectivity index (χ1) is 13.3. The van der Waals surface area contributed by atoms with E-state index in [9.17, 15) is 18.0 Å². The second kappa shape index (κ2) is 9.95. The van der Waals surface area contributed by atoms with Gasteiger partial charge >= 0.3 is 12.2 Å². The van der Waals surface area contributed by atoms with E-state index in [4.69, 9.17) is 5.73 Å². The van der Waals surface area contributed by atoms with Crippen molar-refractivity contribution in [1.82, 2.24) is 25.5 Å². The van der Waals surface area contributed by atoms with Gasteiger partial charge in [0, 0.05) is 38.4 Å². The Hall–Kier alpha value is -2.79. The molecule has 2 heterocycles. The van der Waals surface area contributed by atoms with Crippen molar-refractivity contribution in [1.29, 1.82) is 0 Å². The molecule has 0 aliphatic carbocycles. The third-order valence-electron chi connectivity index (χ3n) is 4.10. The number of hydrogen-bond donors (Lipinski definition) is 4. The summed E-state index contributed by atoms with van der Waals surface area (Å²) in [6.45, 7) is 4.35. The van der Waals surface area contributed by atoms with Crippen LogP contribution >= 0.6 is 0 Å². The minimum Gasteiger partial charge on any atom is -0.357 e. The number of urea groups is 1. The monoisotopic (exact) mass is 402 g/mol. The van der Waals surface area contributed by atoms with Crippen LogP contribution in [0.1, 0.15) is 25.5 Å². The highest BCUT2D eigenvalue weighted by molar-refractivity contribution is 5.80. The Morgan fingerprint density at radius 1 is 1.39 bits per heavy atom. The number of nitrogens with two attached hydrogens (primary N) is 1. The van der Waals surface area contributed by atoms with Gasteiger partial charge in [0.15, 0.2) is 5.96 Å². The van der Waals surface area contributed by atoms with Crippen molar-refractivity contribution in [2.45, 2.75) is 32.0 Å². The normalized spacial score (nSPS) is 16.0. The Balaban J connectivity index is 1.82. The number of anilines is 1. The number of carbonyl (C=O) groups excluding carboxylic acids is 1. The van der Waals surface area contributed by atoms with Gasteiger partial charge in [-0.2, -0.15) is 13.2 Å². The molecule has 0 radical (unpaired) electrons. The first kappa shape index (κ1) is 21.5. The summed E-state index contributed by atoms with van der Waals surface area (Å²) in [7, 11) is 0. The number of primary amides is 1. The number of nitrogens with zero attached hydrogens (tertiary/aromatic N) is 4. The zero-order valence-corrected chi connectivity index (χ0v) is 15.6. The summed E-state index contributed by atoms with van der Waals surface area (Å²) in [5.74, 6) is 0.508. The molecule has 9 nitrogen and oxygen atoms in total. The maximum absolute atomic E-state index is 12.7. The minimum absolute atomic E-state index is 0.0955. The van der Waals surface area contributed by atoms with Gasteiger partial charge in [0.05, 0.1) is 6.54 Å². The topological polar surface area (TPSA) is 121 Å². The van der Waals surface area contributed by atoms with Gasteiger partial charge in [0.1, 0.15) is 5.69 Å². The lowest BCUT2D eigenvalue weighted by Gasteiger charge is -2.32. The molecule has 1 aromatic heterocycles. The number of nitrogens with one attached hydrogen (secondary N) is 3. The molecule has 1 aliphatic heterocycles. The van der Waals surface area contributed by atoms with Crippen LogP contribution < -0.4 is 21.7 Å². The zero-order valence-electron chi connectivity index (χ0n) is 15.6. The standard InChI is InChI=1S/C16H25F3N8O/c1-2-21-14(25-11-4-9-27(10-5-11)13(20)28)23-7-8-24-15-22-6-3-12(26-15)16(17,18)19/h3,6,11H,2,4-5,7-10H2,1H3,(H2,20,28)(H2,21,23,25)(H,22,24,26). The van der Waals surface area contributed by atoms with E-state index in [0.717, 1.165) is 25.1 Å². The van der Waals surface area contributed by atoms with Gasteiger partial charge < -0.3 is 26.6 Å². The molecule has 0 saturated carbocycles. The molecule has 1 saturated heterocycles. The lowest BCUT2D eigenvalue weighted by Crippen LogP contribution is -2.50. The van der Waals surface area contributed by atoms with Crippen LogP contribution in [0.5, 0.6) is 0 Å². The highest BCUT2D eigenvalue weighted by atomic mass is 19.4. The summed E-state index contributed by atoms with van der Waals surface area (Å²) in [6, 6.07) is 0.565. The Labute approximate surface area is 161 Å². The number of halogens is 3. The van der Waals surface area contributed by atoms with E-state index < -0.39 is 17.9 Å². The van der Waals surface area contributed by atoms with E-state index >= 15 is 0 Å². The second-order valence-electron chi connectivity index (χ2n) is 6.19. The Kier molecular flexibility index (Phi) is 7.64. The van der Waals surface area contributed by atoms with Crippen molar-refractivity contribution in [3.8, 4) is 0 Å². The molecule has 1 aliphatic rings. The fraction of sp³-hybridized carbons (Fsp3) is 0.625. The summed E-state index contributed by atoms with van der Waals surface area (Å²) < 4.78 is 38.0.